The van der Waals surface area contributed by atoms with Gasteiger partial charge in [-0.05, 0) is 25.0 Å². The van der Waals surface area contributed by atoms with Gasteiger partial charge < -0.3 is 16.2 Å². The third-order valence-electron chi connectivity index (χ3n) is 4.21. The zero-order valence-corrected chi connectivity index (χ0v) is 13.7. The van der Waals surface area contributed by atoms with Gasteiger partial charge in [0.15, 0.2) is 0 Å². The predicted octanol–water partition coefficient (Wildman–Crippen LogP) is 1.56. The van der Waals surface area contributed by atoms with Crippen molar-refractivity contribution in [3.8, 4) is 0 Å². The molecular formula is C17H19N3O4. The van der Waals surface area contributed by atoms with E-state index in [9.17, 15) is 19.5 Å². The number of benzene rings is 1. The molecule has 4 N–H and O–H groups in total. The molecule has 0 saturated carbocycles. The van der Waals surface area contributed by atoms with Gasteiger partial charge in [-0.25, -0.2) is 9.78 Å². The molecule has 0 fully saturated rings. The molecule has 1 aromatic carbocycles. The van der Waals surface area contributed by atoms with Crippen LogP contribution < -0.4 is 11.1 Å². The first kappa shape index (κ1) is 17.4. The molecular weight excluding hydrogens is 310 g/mol. The second-order valence-corrected chi connectivity index (χ2v) is 6.06. The average Bonchev–Trinajstić information content (AvgIpc) is 2.52. The number of rotatable bonds is 5. The van der Waals surface area contributed by atoms with E-state index in [0.29, 0.717) is 10.9 Å². The molecule has 2 aromatic rings. The first-order chi connectivity index (χ1) is 11.2. The van der Waals surface area contributed by atoms with Gasteiger partial charge in [0, 0.05) is 5.39 Å². The molecule has 2 rings (SSSR count). The minimum Gasteiger partial charge on any atom is -0.478 e. The highest BCUT2D eigenvalue weighted by atomic mass is 16.4. The number of hydrogen-bond acceptors (Lipinski definition) is 4. The number of para-hydroxylation sites is 1. The molecule has 7 nitrogen and oxygen atoms in total. The third-order valence-corrected chi connectivity index (χ3v) is 4.21. The SMILES string of the molecule is CC(C)[C@@](C)(NC(=O)c1nc2ccccc2cc1C(=O)O)C(N)=O. The first-order valence-electron chi connectivity index (χ1n) is 7.42. The molecule has 0 saturated heterocycles. The number of nitrogens with zero attached hydrogens (tertiary/aromatic N) is 1. The summed E-state index contributed by atoms with van der Waals surface area (Å²) in [6, 6.07) is 8.25. The van der Waals surface area contributed by atoms with E-state index in [-0.39, 0.29) is 17.2 Å². The second-order valence-electron chi connectivity index (χ2n) is 6.06. The van der Waals surface area contributed by atoms with Gasteiger partial charge in [-0.15, -0.1) is 0 Å². The minimum atomic E-state index is -1.32. The van der Waals surface area contributed by atoms with Crippen molar-refractivity contribution in [1.82, 2.24) is 10.3 Å². The van der Waals surface area contributed by atoms with Gasteiger partial charge in [-0.1, -0.05) is 32.0 Å². The highest BCUT2D eigenvalue weighted by Gasteiger charge is 2.37. The van der Waals surface area contributed by atoms with E-state index in [2.05, 4.69) is 10.3 Å². The first-order valence-corrected chi connectivity index (χ1v) is 7.42. The highest BCUT2D eigenvalue weighted by Crippen LogP contribution is 2.20. The van der Waals surface area contributed by atoms with Crippen LogP contribution in [0, 0.1) is 5.92 Å². The van der Waals surface area contributed by atoms with E-state index >= 15 is 0 Å². The average molecular weight is 329 g/mol. The molecule has 0 aliphatic rings. The van der Waals surface area contributed by atoms with Gasteiger partial charge >= 0.3 is 5.97 Å². The Kier molecular flexibility index (Phi) is 4.54. The molecule has 2 amide bonds. The van der Waals surface area contributed by atoms with Crippen LogP contribution in [0.1, 0.15) is 41.6 Å². The van der Waals surface area contributed by atoms with Crippen LogP contribution in [0.25, 0.3) is 10.9 Å². The van der Waals surface area contributed by atoms with Crippen LogP contribution in [-0.4, -0.2) is 33.4 Å². The van der Waals surface area contributed by atoms with E-state index in [4.69, 9.17) is 5.73 Å². The summed E-state index contributed by atoms with van der Waals surface area (Å²) in [5.41, 5.74) is 4.07. The van der Waals surface area contributed by atoms with Gasteiger partial charge in [0.05, 0.1) is 11.1 Å². The van der Waals surface area contributed by atoms with Crippen LogP contribution in [0.3, 0.4) is 0 Å². The van der Waals surface area contributed by atoms with Crippen molar-refractivity contribution in [1.29, 1.82) is 0 Å². The summed E-state index contributed by atoms with van der Waals surface area (Å²) in [4.78, 5) is 40.0. The number of carbonyl (C=O) groups is 3. The second kappa shape index (κ2) is 6.27. The normalized spacial score (nSPS) is 13.5. The van der Waals surface area contributed by atoms with Crippen molar-refractivity contribution < 1.29 is 19.5 Å². The van der Waals surface area contributed by atoms with Crippen LogP contribution in [-0.2, 0) is 4.79 Å². The number of primary amides is 1. The fourth-order valence-corrected chi connectivity index (χ4v) is 2.24. The Morgan fingerprint density at radius 2 is 1.88 bits per heavy atom. The van der Waals surface area contributed by atoms with Crippen LogP contribution in [0.4, 0.5) is 0 Å². The number of carboxylic acid groups (broad SMARTS) is 1. The molecule has 0 spiro atoms. The predicted molar refractivity (Wildman–Crippen MR) is 88.6 cm³/mol. The van der Waals surface area contributed by atoms with Crippen molar-refractivity contribution in [3.63, 3.8) is 0 Å². The van der Waals surface area contributed by atoms with E-state index in [0.717, 1.165) is 0 Å². The van der Waals surface area contributed by atoms with E-state index in [1.165, 1.54) is 13.0 Å². The van der Waals surface area contributed by atoms with Crippen molar-refractivity contribution >= 4 is 28.7 Å². The number of aromatic carboxylic acids is 1. The summed E-state index contributed by atoms with van der Waals surface area (Å²) in [7, 11) is 0. The maximum absolute atomic E-state index is 12.6. The molecule has 0 bridgehead atoms. The summed E-state index contributed by atoms with van der Waals surface area (Å²) < 4.78 is 0. The van der Waals surface area contributed by atoms with E-state index in [1.807, 2.05) is 0 Å². The van der Waals surface area contributed by atoms with Crippen molar-refractivity contribution in [2.24, 2.45) is 11.7 Å². The van der Waals surface area contributed by atoms with Crippen LogP contribution in [0.2, 0.25) is 0 Å². The Labute approximate surface area is 138 Å². The largest absolute Gasteiger partial charge is 0.478 e. The quantitative estimate of drug-likeness (QED) is 0.768. The Morgan fingerprint density at radius 1 is 1.25 bits per heavy atom. The monoisotopic (exact) mass is 329 g/mol. The molecule has 1 atom stereocenters. The molecule has 1 aromatic heterocycles. The third kappa shape index (κ3) is 3.05. The fourth-order valence-electron chi connectivity index (χ4n) is 2.24. The molecule has 0 aliphatic carbocycles. The fraction of sp³-hybridized carbons (Fsp3) is 0.294. The Bertz CT molecular complexity index is 832. The number of aromatic nitrogens is 1. The summed E-state index contributed by atoms with van der Waals surface area (Å²) in [5, 5.41) is 12.5. The lowest BCUT2D eigenvalue weighted by molar-refractivity contribution is -0.125. The maximum Gasteiger partial charge on any atom is 0.338 e. The number of amides is 2. The minimum absolute atomic E-state index is 0.234. The van der Waals surface area contributed by atoms with E-state index in [1.54, 1.807) is 38.1 Å². The lowest BCUT2D eigenvalue weighted by atomic mass is 9.87. The Morgan fingerprint density at radius 3 is 2.42 bits per heavy atom. The van der Waals surface area contributed by atoms with Crippen LogP contribution in [0.5, 0.6) is 0 Å². The maximum atomic E-state index is 12.6. The Hall–Kier alpha value is -2.96. The Balaban J connectivity index is 2.54. The van der Waals surface area contributed by atoms with Crippen molar-refractivity contribution in [2.45, 2.75) is 26.3 Å². The molecule has 0 radical (unpaired) electrons. The number of pyridine rings is 1. The van der Waals surface area contributed by atoms with Crippen molar-refractivity contribution in [3.05, 3.63) is 41.6 Å². The smallest absolute Gasteiger partial charge is 0.338 e. The standard InChI is InChI=1S/C17H19N3O4/c1-9(2)17(3,16(18)24)20-14(21)13-11(15(22)23)8-10-6-4-5-7-12(10)19-13/h4-9H,1-3H3,(H2,18,24)(H,20,21)(H,22,23)/t17-/m1/s1. The van der Waals surface area contributed by atoms with Crippen LogP contribution >= 0.6 is 0 Å². The molecule has 0 aliphatic heterocycles. The number of carboxylic acids is 1. The van der Waals surface area contributed by atoms with Gasteiger partial charge in [0.25, 0.3) is 5.91 Å². The molecule has 0 unspecified atom stereocenters. The molecule has 24 heavy (non-hydrogen) atoms. The van der Waals surface area contributed by atoms with Gasteiger partial charge in [0.2, 0.25) is 5.91 Å². The van der Waals surface area contributed by atoms with Gasteiger partial charge in [0.1, 0.15) is 11.2 Å². The van der Waals surface area contributed by atoms with Gasteiger partial charge in [-0.2, -0.15) is 0 Å². The number of fused-ring (bicyclic) bond motifs is 1. The van der Waals surface area contributed by atoms with Crippen molar-refractivity contribution in [2.75, 3.05) is 0 Å². The summed E-state index contributed by atoms with van der Waals surface area (Å²) in [6.45, 7) is 4.97. The number of carbonyl (C=O) groups excluding carboxylic acids is 2. The summed E-state index contributed by atoms with van der Waals surface area (Å²) in [5.74, 6) is -3.02. The number of nitrogens with one attached hydrogen (secondary N) is 1. The molecule has 126 valence electrons. The number of hydrogen-bond donors (Lipinski definition) is 3. The topological polar surface area (TPSA) is 122 Å². The summed E-state index contributed by atoms with van der Waals surface area (Å²) >= 11 is 0. The lowest BCUT2D eigenvalue weighted by Gasteiger charge is -2.31. The van der Waals surface area contributed by atoms with Gasteiger partial charge in [-0.3, -0.25) is 9.59 Å². The molecule has 7 heteroatoms. The lowest BCUT2D eigenvalue weighted by Crippen LogP contribution is -2.58. The van der Waals surface area contributed by atoms with Crippen LogP contribution in [0.15, 0.2) is 30.3 Å². The zero-order valence-electron chi connectivity index (χ0n) is 13.7. The van der Waals surface area contributed by atoms with E-state index < -0.39 is 23.3 Å². The zero-order chi connectivity index (χ0) is 18.1. The highest BCUT2D eigenvalue weighted by molar-refractivity contribution is 6.07. The summed E-state index contributed by atoms with van der Waals surface area (Å²) in [6.07, 6.45) is 0. The molecule has 1 heterocycles. The number of nitrogens with two attached hydrogens (primary N) is 1.